The fourth-order valence-electron chi connectivity index (χ4n) is 5.86. The number of cyclic esters (lactones) is 1. The van der Waals surface area contributed by atoms with Gasteiger partial charge >= 0.3 is 17.9 Å². The molecule has 0 aromatic rings. The summed E-state index contributed by atoms with van der Waals surface area (Å²) in [4.78, 5) is 35.8. The third-order valence-corrected chi connectivity index (χ3v) is 7.55. The second-order valence-corrected chi connectivity index (χ2v) is 9.44. The van der Waals surface area contributed by atoms with Gasteiger partial charge in [-0.05, 0) is 43.1 Å². The number of carbonyl (C=O) groups is 3. The monoisotopic (exact) mass is 518 g/mol. The molecule has 1 unspecified atom stereocenters. The topological polar surface area (TPSA) is 131 Å². The average molecular weight is 519 g/mol. The van der Waals surface area contributed by atoms with Crippen LogP contribution in [0.1, 0.15) is 39.5 Å². The van der Waals surface area contributed by atoms with E-state index in [1.54, 1.807) is 6.08 Å². The third kappa shape index (κ3) is 5.85. The van der Waals surface area contributed by atoms with Gasteiger partial charge in [0.05, 0.1) is 18.7 Å². The summed E-state index contributed by atoms with van der Waals surface area (Å²) < 4.78 is 16.2. The summed E-state index contributed by atoms with van der Waals surface area (Å²) in [5, 5.41) is 0. The average Bonchev–Trinajstić information content (AvgIpc) is 3.18. The molecule has 3 aliphatic rings. The van der Waals surface area contributed by atoms with Gasteiger partial charge in [0.2, 0.25) is 0 Å². The van der Waals surface area contributed by atoms with E-state index in [0.717, 1.165) is 24.8 Å². The molecule has 2 aliphatic carbocycles. The highest BCUT2D eigenvalue weighted by Gasteiger charge is 2.59. The van der Waals surface area contributed by atoms with Crippen molar-refractivity contribution < 1.29 is 28.6 Å². The van der Waals surface area contributed by atoms with Crippen molar-refractivity contribution in [3.05, 3.63) is 36.0 Å². The van der Waals surface area contributed by atoms with E-state index in [9.17, 15) is 14.4 Å². The molecular formula is C24H36Cl2N2O6. The molecule has 1 aliphatic heterocycles. The Labute approximate surface area is 213 Å². The summed E-state index contributed by atoms with van der Waals surface area (Å²) in [6.45, 7) is 8.53. The van der Waals surface area contributed by atoms with Crippen molar-refractivity contribution in [2.24, 2.45) is 34.1 Å². The Hall–Kier alpha value is -1.87. The maximum Gasteiger partial charge on any atom is 0.338 e. The number of halogens is 2. The molecule has 1 heterocycles. The summed E-state index contributed by atoms with van der Waals surface area (Å²) in [5.41, 5.74) is 11.8. The van der Waals surface area contributed by atoms with Crippen LogP contribution in [0.15, 0.2) is 36.0 Å². The summed E-state index contributed by atoms with van der Waals surface area (Å²) >= 11 is 0. The van der Waals surface area contributed by atoms with Crippen LogP contribution in [0.5, 0.6) is 0 Å². The predicted octanol–water partition coefficient (Wildman–Crippen LogP) is 2.63. The van der Waals surface area contributed by atoms with Crippen molar-refractivity contribution in [1.29, 1.82) is 0 Å². The van der Waals surface area contributed by atoms with E-state index < -0.39 is 23.5 Å². The molecule has 0 bridgehead atoms. The molecule has 2 fully saturated rings. The predicted molar refractivity (Wildman–Crippen MR) is 132 cm³/mol. The molecule has 0 aromatic carbocycles. The second kappa shape index (κ2) is 12.2. The Morgan fingerprint density at radius 3 is 2.47 bits per heavy atom. The SMILES string of the molecule is C=C1CCC2[C@](C)(COC(=O)CN)[C@H](OC(=O)CN)CC[C@@]2(C)[C@@H]1/C=C/C1=CCOC1=O.Cl.Cl. The Morgan fingerprint density at radius 1 is 1.21 bits per heavy atom. The van der Waals surface area contributed by atoms with Crippen LogP contribution in [0, 0.1) is 22.7 Å². The number of carbonyl (C=O) groups excluding carboxylic acids is 3. The molecule has 5 atom stereocenters. The maximum absolute atomic E-state index is 12.0. The van der Waals surface area contributed by atoms with Gasteiger partial charge in [0, 0.05) is 11.3 Å². The zero-order valence-corrected chi connectivity index (χ0v) is 21.4. The minimum atomic E-state index is -0.610. The fraction of sp³-hybridized carbons (Fsp3) is 0.625. The smallest absolute Gasteiger partial charge is 0.338 e. The lowest BCUT2D eigenvalue weighted by Crippen LogP contribution is -2.58. The van der Waals surface area contributed by atoms with Gasteiger partial charge in [-0.2, -0.15) is 0 Å². The molecule has 0 radical (unpaired) electrons. The molecule has 0 spiro atoms. The van der Waals surface area contributed by atoms with Gasteiger partial charge in [0.25, 0.3) is 0 Å². The maximum atomic E-state index is 12.0. The largest absolute Gasteiger partial charge is 0.464 e. The normalized spacial score (nSPS) is 32.6. The number of hydrogen-bond acceptors (Lipinski definition) is 8. The highest BCUT2D eigenvalue weighted by Crippen LogP contribution is 2.62. The van der Waals surface area contributed by atoms with Gasteiger partial charge < -0.3 is 25.7 Å². The molecule has 192 valence electrons. The molecule has 0 aromatic heterocycles. The van der Waals surface area contributed by atoms with Crippen LogP contribution in [0.3, 0.4) is 0 Å². The Kier molecular flexibility index (Phi) is 10.8. The van der Waals surface area contributed by atoms with Crippen LogP contribution < -0.4 is 11.5 Å². The Morgan fingerprint density at radius 2 is 1.88 bits per heavy atom. The summed E-state index contributed by atoms with van der Waals surface area (Å²) in [6.07, 6.45) is 8.23. The first-order valence-corrected chi connectivity index (χ1v) is 11.1. The van der Waals surface area contributed by atoms with Crippen molar-refractivity contribution in [3.8, 4) is 0 Å². The van der Waals surface area contributed by atoms with Gasteiger partial charge in [-0.3, -0.25) is 9.59 Å². The van der Waals surface area contributed by atoms with Gasteiger partial charge in [-0.1, -0.05) is 38.2 Å². The number of ether oxygens (including phenoxy) is 3. The lowest BCUT2D eigenvalue weighted by atomic mass is 9.46. The number of rotatable bonds is 7. The van der Waals surface area contributed by atoms with E-state index in [-0.39, 0.29) is 67.7 Å². The third-order valence-electron chi connectivity index (χ3n) is 7.55. The molecule has 3 rings (SSSR count). The van der Waals surface area contributed by atoms with Crippen LogP contribution >= 0.6 is 24.8 Å². The molecule has 10 heteroatoms. The van der Waals surface area contributed by atoms with Crippen LogP contribution in [0.2, 0.25) is 0 Å². The lowest BCUT2D eigenvalue weighted by Gasteiger charge is -2.59. The summed E-state index contributed by atoms with van der Waals surface area (Å²) in [6, 6.07) is 0. The second-order valence-electron chi connectivity index (χ2n) is 9.44. The molecule has 2 saturated carbocycles. The van der Waals surface area contributed by atoms with E-state index in [1.165, 1.54) is 0 Å². The van der Waals surface area contributed by atoms with Gasteiger partial charge in [0.15, 0.2) is 0 Å². The van der Waals surface area contributed by atoms with Crippen molar-refractivity contribution >= 4 is 42.7 Å². The molecule has 8 nitrogen and oxygen atoms in total. The molecular weight excluding hydrogens is 483 g/mol. The van der Waals surface area contributed by atoms with Crippen LogP contribution in [-0.2, 0) is 28.6 Å². The van der Waals surface area contributed by atoms with E-state index in [2.05, 4.69) is 13.5 Å². The highest BCUT2D eigenvalue weighted by molar-refractivity contribution is 5.93. The van der Waals surface area contributed by atoms with Gasteiger partial charge in [-0.25, -0.2) is 4.79 Å². The zero-order chi connectivity index (χ0) is 23.5. The van der Waals surface area contributed by atoms with E-state index in [0.29, 0.717) is 18.6 Å². The number of fused-ring (bicyclic) bond motifs is 1. The quantitative estimate of drug-likeness (QED) is 0.298. The fourth-order valence-corrected chi connectivity index (χ4v) is 5.86. The van der Waals surface area contributed by atoms with Crippen LogP contribution in [0.4, 0.5) is 0 Å². The van der Waals surface area contributed by atoms with E-state index in [4.69, 9.17) is 25.7 Å². The van der Waals surface area contributed by atoms with E-state index >= 15 is 0 Å². The van der Waals surface area contributed by atoms with Crippen LogP contribution in [-0.4, -0.2) is 50.3 Å². The number of allylic oxidation sites excluding steroid dienone is 2. The first kappa shape index (κ1) is 30.2. The van der Waals surface area contributed by atoms with Gasteiger partial charge in [-0.15, -0.1) is 24.8 Å². The Balaban J connectivity index is 0.00000289. The van der Waals surface area contributed by atoms with Crippen molar-refractivity contribution in [2.75, 3.05) is 26.3 Å². The molecule has 4 N–H and O–H groups in total. The summed E-state index contributed by atoms with van der Waals surface area (Å²) in [5.74, 6) is -1.19. The number of nitrogens with two attached hydrogens (primary N) is 2. The Bertz CT molecular complexity index is 860. The van der Waals surface area contributed by atoms with Crippen molar-refractivity contribution in [1.82, 2.24) is 0 Å². The lowest BCUT2D eigenvalue weighted by molar-refractivity contribution is -0.190. The zero-order valence-electron chi connectivity index (χ0n) is 19.7. The number of hydrogen-bond donors (Lipinski definition) is 2. The first-order valence-electron chi connectivity index (χ1n) is 11.1. The molecule has 0 saturated heterocycles. The van der Waals surface area contributed by atoms with E-state index in [1.807, 2.05) is 19.1 Å². The minimum Gasteiger partial charge on any atom is -0.464 e. The minimum absolute atomic E-state index is 0. The standard InChI is InChI=1S/C24H34N2O6.2ClH/c1-15-4-7-18-23(2,17(15)6-5-16-9-11-30-22(16)29)10-8-19(32-21(28)13-26)24(18,3)14-31-20(27)12-25;;/h5-6,9,17-19H,1,4,7-8,10-14,25-26H2,2-3H3;2*1H/b6-5+;;/t17-,18?,19-,23+,24+;;/m1../s1. The summed E-state index contributed by atoms with van der Waals surface area (Å²) in [7, 11) is 0. The highest BCUT2D eigenvalue weighted by atomic mass is 35.5. The molecule has 34 heavy (non-hydrogen) atoms. The first-order chi connectivity index (χ1) is 15.2. The van der Waals surface area contributed by atoms with Crippen LogP contribution in [0.25, 0.3) is 0 Å². The van der Waals surface area contributed by atoms with Gasteiger partial charge in [0.1, 0.15) is 19.3 Å². The van der Waals surface area contributed by atoms with Crippen molar-refractivity contribution in [3.63, 3.8) is 0 Å². The number of esters is 3. The molecule has 0 amide bonds. The van der Waals surface area contributed by atoms with Crippen molar-refractivity contribution in [2.45, 2.75) is 45.6 Å².